The highest BCUT2D eigenvalue weighted by molar-refractivity contribution is 5.33. The van der Waals surface area contributed by atoms with Crippen molar-refractivity contribution in [3.63, 3.8) is 0 Å². The molecule has 0 unspecified atom stereocenters. The van der Waals surface area contributed by atoms with Crippen LogP contribution in [-0.4, -0.2) is 11.6 Å². The summed E-state index contributed by atoms with van der Waals surface area (Å²) in [6.45, 7) is 7.08. The SMILES string of the molecule is C=CCOc1ccccc1CN[C@H](C)c1cccnc1. The standard InChI is InChI=1S/C17H20N2O/c1-3-11-20-17-9-5-4-7-16(17)13-19-14(2)15-8-6-10-18-12-15/h3-10,12,14,19H,1,11,13H2,2H3/t14-/m1/s1. The van der Waals surface area contributed by atoms with Crippen molar-refractivity contribution in [2.75, 3.05) is 6.61 Å². The second-order valence-electron chi connectivity index (χ2n) is 4.60. The Morgan fingerprint density at radius 3 is 2.90 bits per heavy atom. The Balaban J connectivity index is 1.98. The average Bonchev–Trinajstić information content (AvgIpc) is 2.52. The Bertz CT molecular complexity index is 540. The molecule has 3 nitrogen and oxygen atoms in total. The van der Waals surface area contributed by atoms with E-state index in [1.807, 2.05) is 30.5 Å². The highest BCUT2D eigenvalue weighted by atomic mass is 16.5. The van der Waals surface area contributed by atoms with Crippen molar-refractivity contribution in [1.82, 2.24) is 10.3 Å². The molecule has 0 radical (unpaired) electrons. The third kappa shape index (κ3) is 3.93. The summed E-state index contributed by atoms with van der Waals surface area (Å²) < 4.78 is 5.65. The number of hydrogen-bond donors (Lipinski definition) is 1. The number of aromatic nitrogens is 1. The molecule has 0 saturated heterocycles. The molecule has 0 saturated carbocycles. The van der Waals surface area contributed by atoms with E-state index in [-0.39, 0.29) is 6.04 Å². The molecular formula is C17H20N2O. The van der Waals surface area contributed by atoms with Gasteiger partial charge in [-0.25, -0.2) is 0 Å². The first-order valence-corrected chi connectivity index (χ1v) is 6.76. The fourth-order valence-corrected chi connectivity index (χ4v) is 1.95. The Kier molecular flexibility index (Phi) is 5.33. The predicted octanol–water partition coefficient (Wildman–Crippen LogP) is 3.50. The van der Waals surface area contributed by atoms with Gasteiger partial charge in [-0.05, 0) is 24.6 Å². The summed E-state index contributed by atoms with van der Waals surface area (Å²) >= 11 is 0. The Morgan fingerprint density at radius 2 is 2.15 bits per heavy atom. The molecule has 104 valence electrons. The fourth-order valence-electron chi connectivity index (χ4n) is 1.95. The molecular weight excluding hydrogens is 248 g/mol. The summed E-state index contributed by atoms with van der Waals surface area (Å²) in [5.74, 6) is 0.901. The predicted molar refractivity (Wildman–Crippen MR) is 81.6 cm³/mol. The lowest BCUT2D eigenvalue weighted by atomic mass is 10.1. The van der Waals surface area contributed by atoms with Crippen LogP contribution in [0.2, 0.25) is 0 Å². The van der Waals surface area contributed by atoms with Crippen molar-refractivity contribution in [2.45, 2.75) is 19.5 Å². The van der Waals surface area contributed by atoms with Crippen molar-refractivity contribution in [3.05, 3.63) is 72.6 Å². The van der Waals surface area contributed by atoms with Crippen LogP contribution in [0.3, 0.4) is 0 Å². The van der Waals surface area contributed by atoms with Gasteiger partial charge in [0.2, 0.25) is 0 Å². The fraction of sp³-hybridized carbons (Fsp3) is 0.235. The van der Waals surface area contributed by atoms with Gasteiger partial charge in [-0.3, -0.25) is 4.98 Å². The van der Waals surface area contributed by atoms with E-state index in [4.69, 9.17) is 4.74 Å². The highest BCUT2D eigenvalue weighted by Gasteiger charge is 2.07. The van der Waals surface area contributed by atoms with Crippen LogP contribution in [-0.2, 0) is 6.54 Å². The molecule has 2 rings (SSSR count). The number of nitrogens with one attached hydrogen (secondary N) is 1. The normalized spacial score (nSPS) is 11.8. The minimum absolute atomic E-state index is 0.246. The third-order valence-corrected chi connectivity index (χ3v) is 3.11. The molecule has 0 spiro atoms. The lowest BCUT2D eigenvalue weighted by molar-refractivity contribution is 0.357. The zero-order valence-electron chi connectivity index (χ0n) is 11.8. The van der Waals surface area contributed by atoms with Gasteiger partial charge in [0.05, 0.1) is 0 Å². The van der Waals surface area contributed by atoms with Gasteiger partial charge in [0.1, 0.15) is 12.4 Å². The van der Waals surface area contributed by atoms with Crippen molar-refractivity contribution < 1.29 is 4.74 Å². The average molecular weight is 268 g/mol. The van der Waals surface area contributed by atoms with Crippen molar-refractivity contribution in [1.29, 1.82) is 0 Å². The van der Waals surface area contributed by atoms with Crippen molar-refractivity contribution in [2.24, 2.45) is 0 Å². The number of benzene rings is 1. The summed E-state index contributed by atoms with van der Waals surface area (Å²) in [4.78, 5) is 4.14. The van der Waals surface area contributed by atoms with Gasteiger partial charge in [-0.1, -0.05) is 36.9 Å². The van der Waals surface area contributed by atoms with E-state index in [0.717, 1.165) is 17.9 Å². The molecule has 3 heteroatoms. The van der Waals surface area contributed by atoms with Crippen LogP contribution in [0.4, 0.5) is 0 Å². The van der Waals surface area contributed by atoms with E-state index in [2.05, 4.69) is 35.9 Å². The maximum Gasteiger partial charge on any atom is 0.124 e. The lowest BCUT2D eigenvalue weighted by Crippen LogP contribution is -2.18. The largest absolute Gasteiger partial charge is 0.489 e. The van der Waals surface area contributed by atoms with E-state index in [9.17, 15) is 0 Å². The maximum absolute atomic E-state index is 5.65. The summed E-state index contributed by atoms with van der Waals surface area (Å²) in [6.07, 6.45) is 5.43. The van der Waals surface area contributed by atoms with Gasteiger partial charge in [0.15, 0.2) is 0 Å². The van der Waals surface area contributed by atoms with Gasteiger partial charge < -0.3 is 10.1 Å². The van der Waals surface area contributed by atoms with Crippen LogP contribution >= 0.6 is 0 Å². The summed E-state index contributed by atoms with van der Waals surface area (Å²) in [7, 11) is 0. The van der Waals surface area contributed by atoms with Crippen LogP contribution < -0.4 is 10.1 Å². The number of pyridine rings is 1. The summed E-state index contributed by atoms with van der Waals surface area (Å²) in [5.41, 5.74) is 2.32. The molecule has 0 fully saturated rings. The van der Waals surface area contributed by atoms with Crippen molar-refractivity contribution >= 4 is 0 Å². The molecule has 0 amide bonds. The number of rotatable bonds is 7. The van der Waals surface area contributed by atoms with E-state index < -0.39 is 0 Å². The molecule has 20 heavy (non-hydrogen) atoms. The van der Waals surface area contributed by atoms with Gasteiger partial charge in [0.25, 0.3) is 0 Å². The number of hydrogen-bond acceptors (Lipinski definition) is 3. The second-order valence-corrected chi connectivity index (χ2v) is 4.60. The number of para-hydroxylation sites is 1. The number of ether oxygens (including phenoxy) is 1. The minimum atomic E-state index is 0.246. The molecule has 2 aromatic rings. The van der Waals surface area contributed by atoms with Gasteiger partial charge >= 0.3 is 0 Å². The smallest absolute Gasteiger partial charge is 0.124 e. The topological polar surface area (TPSA) is 34.1 Å². The molecule has 1 aromatic carbocycles. The van der Waals surface area contributed by atoms with Crippen molar-refractivity contribution in [3.8, 4) is 5.75 Å². The summed E-state index contributed by atoms with van der Waals surface area (Å²) in [5, 5.41) is 3.49. The Morgan fingerprint density at radius 1 is 1.30 bits per heavy atom. The monoisotopic (exact) mass is 268 g/mol. The molecule has 1 atom stereocenters. The lowest BCUT2D eigenvalue weighted by Gasteiger charge is -2.16. The number of nitrogens with zero attached hydrogens (tertiary/aromatic N) is 1. The third-order valence-electron chi connectivity index (χ3n) is 3.11. The van der Waals surface area contributed by atoms with Crippen LogP contribution in [0, 0.1) is 0 Å². The van der Waals surface area contributed by atoms with Gasteiger partial charge in [0, 0.05) is 30.5 Å². The van der Waals surface area contributed by atoms with Gasteiger partial charge in [-0.15, -0.1) is 0 Å². The van der Waals surface area contributed by atoms with Gasteiger partial charge in [-0.2, -0.15) is 0 Å². The minimum Gasteiger partial charge on any atom is -0.489 e. The van der Waals surface area contributed by atoms with Crippen LogP contribution in [0.5, 0.6) is 5.75 Å². The molecule has 0 aliphatic rings. The molecule has 1 heterocycles. The van der Waals surface area contributed by atoms with E-state index >= 15 is 0 Å². The first kappa shape index (κ1) is 14.3. The van der Waals surface area contributed by atoms with Crippen LogP contribution in [0.1, 0.15) is 24.1 Å². The molecule has 1 N–H and O–H groups in total. The first-order valence-electron chi connectivity index (χ1n) is 6.76. The zero-order chi connectivity index (χ0) is 14.2. The highest BCUT2D eigenvalue weighted by Crippen LogP contribution is 2.19. The second kappa shape index (κ2) is 7.46. The van der Waals surface area contributed by atoms with E-state index in [0.29, 0.717) is 6.61 Å². The van der Waals surface area contributed by atoms with E-state index in [1.165, 1.54) is 5.56 Å². The molecule has 0 aliphatic heterocycles. The quantitative estimate of drug-likeness (QED) is 0.780. The molecule has 0 aliphatic carbocycles. The first-order chi connectivity index (χ1) is 9.81. The molecule has 1 aromatic heterocycles. The van der Waals surface area contributed by atoms with Crippen LogP contribution in [0.25, 0.3) is 0 Å². The zero-order valence-corrected chi connectivity index (χ0v) is 11.8. The Hall–Kier alpha value is -2.13. The summed E-state index contributed by atoms with van der Waals surface area (Å²) in [6, 6.07) is 12.3. The molecule has 0 bridgehead atoms. The van der Waals surface area contributed by atoms with E-state index in [1.54, 1.807) is 12.3 Å². The van der Waals surface area contributed by atoms with Crippen LogP contribution in [0.15, 0.2) is 61.4 Å². The Labute approximate surface area is 120 Å². The maximum atomic E-state index is 5.65.